The molecule has 0 atom stereocenters. The van der Waals surface area contributed by atoms with Crippen molar-refractivity contribution >= 4 is 15.7 Å². The van der Waals surface area contributed by atoms with Crippen LogP contribution in [-0.4, -0.2) is 37.7 Å². The Balaban J connectivity index is 1.90. The van der Waals surface area contributed by atoms with Gasteiger partial charge in [-0.2, -0.15) is 4.31 Å². The summed E-state index contributed by atoms with van der Waals surface area (Å²) < 4.78 is 32.0. The van der Waals surface area contributed by atoms with E-state index < -0.39 is 10.0 Å². The third kappa shape index (κ3) is 4.35. The third-order valence-corrected chi connectivity index (χ3v) is 5.82. The monoisotopic (exact) mass is 312 g/mol. The maximum absolute atomic E-state index is 12.4. The number of hydrogen-bond donors (Lipinski definition) is 1. The summed E-state index contributed by atoms with van der Waals surface area (Å²) in [4.78, 5) is 0. The zero-order valence-electron chi connectivity index (χ0n) is 12.5. The van der Waals surface area contributed by atoms with Crippen molar-refractivity contribution in [1.82, 2.24) is 4.31 Å². The third-order valence-electron chi connectivity index (χ3n) is 3.87. The van der Waals surface area contributed by atoms with Crippen molar-refractivity contribution < 1.29 is 13.2 Å². The number of benzene rings is 1. The highest BCUT2D eigenvalue weighted by atomic mass is 32.2. The molecule has 1 saturated carbocycles. The first kappa shape index (κ1) is 16.1. The minimum absolute atomic E-state index is 0.00609. The fraction of sp³-hybridized carbons (Fsp3) is 0.600. The molecule has 0 spiro atoms. The molecule has 0 aliphatic heterocycles. The number of nitrogens with zero attached hydrogens (tertiary/aromatic N) is 1. The Bertz CT molecular complexity index is 554. The number of nitrogens with two attached hydrogens (primary N) is 1. The second-order valence-corrected chi connectivity index (χ2v) is 7.42. The Morgan fingerprint density at radius 3 is 2.67 bits per heavy atom. The van der Waals surface area contributed by atoms with E-state index in [4.69, 9.17) is 10.5 Å². The van der Waals surface area contributed by atoms with Crippen molar-refractivity contribution in [2.45, 2.75) is 38.6 Å². The van der Waals surface area contributed by atoms with Crippen LogP contribution in [0.1, 0.15) is 32.6 Å². The van der Waals surface area contributed by atoms with Crippen LogP contribution in [-0.2, 0) is 10.0 Å². The van der Waals surface area contributed by atoms with E-state index in [-0.39, 0.29) is 18.4 Å². The normalized spacial score (nSPS) is 16.5. The molecule has 1 aromatic carbocycles. The average molecular weight is 312 g/mol. The second-order valence-electron chi connectivity index (χ2n) is 5.38. The smallest absolute Gasteiger partial charge is 0.217 e. The molecule has 1 aliphatic carbocycles. The molecule has 0 radical (unpaired) electrons. The summed E-state index contributed by atoms with van der Waals surface area (Å²) in [6, 6.07) is 7.20. The molecule has 21 heavy (non-hydrogen) atoms. The lowest BCUT2D eigenvalue weighted by molar-refractivity contribution is 0.315. The van der Waals surface area contributed by atoms with Crippen molar-refractivity contribution in [3.05, 3.63) is 24.3 Å². The van der Waals surface area contributed by atoms with Crippen LogP contribution >= 0.6 is 0 Å². The quantitative estimate of drug-likeness (QED) is 0.784. The first-order chi connectivity index (χ1) is 10.0. The van der Waals surface area contributed by atoms with Crippen LogP contribution in [0.5, 0.6) is 5.75 Å². The van der Waals surface area contributed by atoms with Crippen LogP contribution in [0, 0.1) is 0 Å². The van der Waals surface area contributed by atoms with Crippen molar-refractivity contribution in [1.29, 1.82) is 0 Å². The van der Waals surface area contributed by atoms with E-state index in [1.807, 2.05) is 6.92 Å². The molecule has 0 bridgehead atoms. The van der Waals surface area contributed by atoms with E-state index in [1.54, 1.807) is 28.6 Å². The highest BCUT2D eigenvalue weighted by Gasteiger charge is 2.30. The summed E-state index contributed by atoms with van der Waals surface area (Å²) in [6.45, 7) is 2.58. The number of rotatable bonds is 7. The van der Waals surface area contributed by atoms with Crippen LogP contribution in [0.3, 0.4) is 0 Å². The maximum atomic E-state index is 12.4. The van der Waals surface area contributed by atoms with Gasteiger partial charge >= 0.3 is 0 Å². The lowest BCUT2D eigenvalue weighted by atomic mass is 10.2. The molecule has 118 valence electrons. The molecule has 0 heterocycles. The highest BCUT2D eigenvalue weighted by Crippen LogP contribution is 2.25. The minimum atomic E-state index is -3.26. The van der Waals surface area contributed by atoms with E-state index in [9.17, 15) is 8.42 Å². The van der Waals surface area contributed by atoms with Crippen molar-refractivity contribution in [2.75, 3.05) is 24.6 Å². The zero-order chi connectivity index (χ0) is 15.3. The van der Waals surface area contributed by atoms with Crippen molar-refractivity contribution in [3.63, 3.8) is 0 Å². The Kier molecular flexibility index (Phi) is 5.47. The van der Waals surface area contributed by atoms with Gasteiger partial charge in [-0.15, -0.1) is 0 Å². The molecule has 1 aromatic rings. The molecule has 1 aliphatic rings. The summed E-state index contributed by atoms with van der Waals surface area (Å²) >= 11 is 0. The lowest BCUT2D eigenvalue weighted by Gasteiger charge is -2.26. The Morgan fingerprint density at radius 1 is 1.33 bits per heavy atom. The van der Waals surface area contributed by atoms with Gasteiger partial charge in [0.1, 0.15) is 12.4 Å². The molecule has 2 rings (SSSR count). The number of anilines is 1. The Hall–Kier alpha value is -1.27. The van der Waals surface area contributed by atoms with E-state index >= 15 is 0 Å². The van der Waals surface area contributed by atoms with Gasteiger partial charge in [-0.05, 0) is 25.0 Å². The molecule has 0 amide bonds. The predicted octanol–water partition coefficient (Wildman–Crippen LogP) is 2.24. The van der Waals surface area contributed by atoms with Gasteiger partial charge in [0.15, 0.2) is 0 Å². The second kappa shape index (κ2) is 7.13. The zero-order valence-corrected chi connectivity index (χ0v) is 13.3. The lowest BCUT2D eigenvalue weighted by Crippen LogP contribution is -2.41. The highest BCUT2D eigenvalue weighted by molar-refractivity contribution is 7.89. The van der Waals surface area contributed by atoms with Crippen LogP contribution in [0.15, 0.2) is 24.3 Å². The summed E-state index contributed by atoms with van der Waals surface area (Å²) in [5, 5.41) is 0. The maximum Gasteiger partial charge on any atom is 0.217 e. The van der Waals surface area contributed by atoms with E-state index in [0.29, 0.717) is 18.0 Å². The SMILES string of the molecule is CCN(C1CCCC1)S(=O)(=O)CCOc1cccc(N)c1. The van der Waals surface area contributed by atoms with Crippen molar-refractivity contribution in [3.8, 4) is 5.75 Å². The fourth-order valence-electron chi connectivity index (χ4n) is 2.86. The molecule has 0 unspecified atom stereocenters. The Labute approximate surface area is 127 Å². The van der Waals surface area contributed by atoms with Crippen molar-refractivity contribution in [2.24, 2.45) is 0 Å². The largest absolute Gasteiger partial charge is 0.492 e. The fourth-order valence-corrected chi connectivity index (χ4v) is 4.45. The van der Waals surface area contributed by atoms with Gasteiger partial charge in [-0.25, -0.2) is 8.42 Å². The average Bonchev–Trinajstić information content (AvgIpc) is 2.93. The number of nitrogen functional groups attached to an aromatic ring is 1. The van der Waals surface area contributed by atoms with E-state index in [2.05, 4.69) is 0 Å². The molecular weight excluding hydrogens is 288 g/mol. The summed E-state index contributed by atoms with van der Waals surface area (Å²) in [5.74, 6) is 0.612. The van der Waals surface area contributed by atoms with Crippen LogP contribution in [0.25, 0.3) is 0 Å². The molecule has 0 aromatic heterocycles. The molecule has 5 nitrogen and oxygen atoms in total. The van der Waals surface area contributed by atoms with Gasteiger partial charge in [-0.3, -0.25) is 0 Å². The topological polar surface area (TPSA) is 72.6 Å². The first-order valence-electron chi connectivity index (χ1n) is 7.51. The van der Waals surface area contributed by atoms with Crippen LogP contribution < -0.4 is 10.5 Å². The molecule has 0 saturated heterocycles. The molecular formula is C15H24N2O3S. The standard InChI is InChI=1S/C15H24N2O3S/c1-2-17(14-7-3-4-8-14)21(18,19)11-10-20-15-9-5-6-13(16)12-15/h5-6,9,12,14H,2-4,7-8,10-11,16H2,1H3. The molecule has 6 heteroatoms. The predicted molar refractivity (Wildman–Crippen MR) is 84.8 cm³/mol. The number of ether oxygens (including phenoxy) is 1. The molecule has 1 fully saturated rings. The van der Waals surface area contributed by atoms with Crippen LogP contribution in [0.4, 0.5) is 5.69 Å². The first-order valence-corrected chi connectivity index (χ1v) is 9.11. The van der Waals surface area contributed by atoms with E-state index in [0.717, 1.165) is 25.7 Å². The van der Waals surface area contributed by atoms with Crippen LogP contribution in [0.2, 0.25) is 0 Å². The summed E-state index contributed by atoms with van der Waals surface area (Å²) in [6.07, 6.45) is 4.19. The molecule has 2 N–H and O–H groups in total. The number of hydrogen-bond acceptors (Lipinski definition) is 4. The Morgan fingerprint density at radius 2 is 2.05 bits per heavy atom. The number of sulfonamides is 1. The minimum Gasteiger partial charge on any atom is -0.492 e. The van der Waals surface area contributed by atoms with E-state index in [1.165, 1.54) is 0 Å². The van der Waals surface area contributed by atoms with Gasteiger partial charge < -0.3 is 10.5 Å². The van der Waals surface area contributed by atoms with Gasteiger partial charge in [0.25, 0.3) is 0 Å². The van der Waals surface area contributed by atoms with Gasteiger partial charge in [0.05, 0.1) is 5.75 Å². The van der Waals surface area contributed by atoms with Gasteiger partial charge in [0, 0.05) is 24.3 Å². The summed E-state index contributed by atoms with van der Waals surface area (Å²) in [7, 11) is -3.26. The van der Waals surface area contributed by atoms with Gasteiger partial charge in [0.2, 0.25) is 10.0 Å². The summed E-state index contributed by atoms with van der Waals surface area (Å²) in [5.41, 5.74) is 6.27. The van der Waals surface area contributed by atoms with Gasteiger partial charge in [-0.1, -0.05) is 25.8 Å².